The fourth-order valence-corrected chi connectivity index (χ4v) is 1.81. The fourth-order valence-electron chi connectivity index (χ4n) is 1.81. The van der Waals surface area contributed by atoms with Crippen LogP contribution in [0.1, 0.15) is 25.3 Å². The molecule has 0 aliphatic carbocycles. The Bertz CT molecular complexity index is 252. The molecule has 1 rings (SSSR count). The second kappa shape index (κ2) is 5.13. The van der Waals surface area contributed by atoms with Crippen molar-refractivity contribution in [3.63, 3.8) is 0 Å². The summed E-state index contributed by atoms with van der Waals surface area (Å²) in [7, 11) is 0. The molecule has 2 N–H and O–H groups in total. The van der Waals surface area contributed by atoms with Gasteiger partial charge >= 0.3 is 0 Å². The molecule has 0 spiro atoms. The number of benzene rings is 1. The first-order valence-electron chi connectivity index (χ1n) is 5.06. The Morgan fingerprint density at radius 2 is 1.64 bits per heavy atom. The summed E-state index contributed by atoms with van der Waals surface area (Å²) in [5, 5.41) is 18.8. The molecule has 2 heteroatoms. The number of aliphatic hydroxyl groups is 2. The van der Waals surface area contributed by atoms with Gasteiger partial charge in [-0.2, -0.15) is 0 Å². The van der Waals surface area contributed by atoms with Crippen LogP contribution in [0.25, 0.3) is 0 Å². The molecule has 0 aliphatic heterocycles. The standard InChI is InChI=1S/C12H18O2/c1-2-8-12(9-13,10-14)11-6-4-3-5-7-11/h3-7,13-14H,2,8-10H2,1H3. The van der Waals surface area contributed by atoms with Gasteiger partial charge in [0.15, 0.2) is 0 Å². The topological polar surface area (TPSA) is 40.5 Å². The summed E-state index contributed by atoms with van der Waals surface area (Å²) in [4.78, 5) is 0. The summed E-state index contributed by atoms with van der Waals surface area (Å²) in [6, 6.07) is 9.73. The van der Waals surface area contributed by atoms with Gasteiger partial charge in [0.2, 0.25) is 0 Å². The highest BCUT2D eigenvalue weighted by molar-refractivity contribution is 5.25. The lowest BCUT2D eigenvalue weighted by molar-refractivity contribution is 0.109. The first kappa shape index (κ1) is 11.2. The number of aliphatic hydroxyl groups excluding tert-OH is 2. The highest BCUT2D eigenvalue weighted by Crippen LogP contribution is 2.28. The van der Waals surface area contributed by atoms with Gasteiger partial charge in [0.1, 0.15) is 0 Å². The van der Waals surface area contributed by atoms with E-state index in [0.29, 0.717) is 0 Å². The van der Waals surface area contributed by atoms with Crippen LogP contribution in [-0.4, -0.2) is 23.4 Å². The van der Waals surface area contributed by atoms with Gasteiger partial charge in [0.25, 0.3) is 0 Å². The zero-order valence-electron chi connectivity index (χ0n) is 8.61. The van der Waals surface area contributed by atoms with Gasteiger partial charge in [-0.3, -0.25) is 0 Å². The highest BCUT2D eigenvalue weighted by atomic mass is 16.3. The molecule has 0 aromatic heterocycles. The molecule has 1 aromatic rings. The van der Waals surface area contributed by atoms with Gasteiger partial charge in [0, 0.05) is 5.41 Å². The first-order valence-corrected chi connectivity index (χ1v) is 5.06. The largest absolute Gasteiger partial charge is 0.395 e. The van der Waals surface area contributed by atoms with Crippen LogP contribution < -0.4 is 0 Å². The maximum Gasteiger partial charge on any atom is 0.0550 e. The Morgan fingerprint density at radius 1 is 1.07 bits per heavy atom. The van der Waals surface area contributed by atoms with Crippen molar-refractivity contribution in [3.8, 4) is 0 Å². The molecule has 0 aliphatic rings. The van der Waals surface area contributed by atoms with E-state index in [9.17, 15) is 10.2 Å². The maximum atomic E-state index is 9.40. The van der Waals surface area contributed by atoms with Crippen molar-refractivity contribution in [1.82, 2.24) is 0 Å². The molecule has 0 bridgehead atoms. The second-order valence-corrected chi connectivity index (χ2v) is 3.71. The fraction of sp³-hybridized carbons (Fsp3) is 0.500. The van der Waals surface area contributed by atoms with Crippen LogP contribution in [0, 0.1) is 0 Å². The van der Waals surface area contributed by atoms with E-state index >= 15 is 0 Å². The summed E-state index contributed by atoms with van der Waals surface area (Å²) >= 11 is 0. The molecule has 0 saturated heterocycles. The van der Waals surface area contributed by atoms with Crippen molar-refractivity contribution < 1.29 is 10.2 Å². The molecule has 0 radical (unpaired) electrons. The Morgan fingerprint density at radius 3 is 2.07 bits per heavy atom. The zero-order valence-corrected chi connectivity index (χ0v) is 8.61. The second-order valence-electron chi connectivity index (χ2n) is 3.71. The molecule has 1 aromatic carbocycles. The van der Waals surface area contributed by atoms with E-state index < -0.39 is 5.41 Å². The molecule has 0 atom stereocenters. The zero-order chi connectivity index (χ0) is 10.4. The molecular formula is C12H18O2. The lowest BCUT2D eigenvalue weighted by atomic mass is 9.78. The van der Waals surface area contributed by atoms with Gasteiger partial charge < -0.3 is 10.2 Å². The third-order valence-electron chi connectivity index (χ3n) is 2.72. The van der Waals surface area contributed by atoms with E-state index in [4.69, 9.17) is 0 Å². The Kier molecular flexibility index (Phi) is 4.11. The van der Waals surface area contributed by atoms with E-state index in [1.165, 1.54) is 0 Å². The lowest BCUT2D eigenvalue weighted by Crippen LogP contribution is -2.34. The van der Waals surface area contributed by atoms with Crippen molar-refractivity contribution in [2.45, 2.75) is 25.2 Å². The SMILES string of the molecule is CCCC(CO)(CO)c1ccccc1. The Hall–Kier alpha value is -0.860. The van der Waals surface area contributed by atoms with Gasteiger partial charge in [-0.1, -0.05) is 43.7 Å². The van der Waals surface area contributed by atoms with Crippen molar-refractivity contribution >= 4 is 0 Å². The smallest absolute Gasteiger partial charge is 0.0550 e. The van der Waals surface area contributed by atoms with Crippen LogP contribution >= 0.6 is 0 Å². The van der Waals surface area contributed by atoms with Gasteiger partial charge in [-0.25, -0.2) is 0 Å². The number of rotatable bonds is 5. The van der Waals surface area contributed by atoms with Gasteiger partial charge in [0.05, 0.1) is 13.2 Å². The summed E-state index contributed by atoms with van der Waals surface area (Å²) < 4.78 is 0. The molecule has 0 amide bonds. The minimum Gasteiger partial charge on any atom is -0.395 e. The molecular weight excluding hydrogens is 176 g/mol. The van der Waals surface area contributed by atoms with E-state index in [-0.39, 0.29) is 13.2 Å². The first-order chi connectivity index (χ1) is 6.79. The summed E-state index contributed by atoms with van der Waals surface area (Å²) in [6.07, 6.45) is 1.76. The number of hydrogen-bond donors (Lipinski definition) is 2. The van der Waals surface area contributed by atoms with Crippen molar-refractivity contribution in [2.75, 3.05) is 13.2 Å². The molecule has 0 heterocycles. The quantitative estimate of drug-likeness (QED) is 0.749. The average molecular weight is 194 g/mol. The molecule has 0 saturated carbocycles. The van der Waals surface area contributed by atoms with Crippen LogP contribution in [0.5, 0.6) is 0 Å². The van der Waals surface area contributed by atoms with Crippen LogP contribution in [-0.2, 0) is 5.41 Å². The molecule has 0 unspecified atom stereocenters. The monoisotopic (exact) mass is 194 g/mol. The summed E-state index contributed by atoms with van der Waals surface area (Å²) in [5.41, 5.74) is 0.558. The third-order valence-corrected chi connectivity index (χ3v) is 2.72. The van der Waals surface area contributed by atoms with Crippen molar-refractivity contribution in [1.29, 1.82) is 0 Å². The summed E-state index contributed by atoms with van der Waals surface area (Å²) in [6.45, 7) is 2.06. The van der Waals surface area contributed by atoms with E-state index in [1.807, 2.05) is 30.3 Å². The van der Waals surface area contributed by atoms with Crippen LogP contribution in [0.3, 0.4) is 0 Å². The van der Waals surface area contributed by atoms with Gasteiger partial charge in [-0.15, -0.1) is 0 Å². The third kappa shape index (κ3) is 2.14. The highest BCUT2D eigenvalue weighted by Gasteiger charge is 2.29. The minimum absolute atomic E-state index is 0.00134. The van der Waals surface area contributed by atoms with Crippen LogP contribution in [0.4, 0.5) is 0 Å². The van der Waals surface area contributed by atoms with E-state index in [0.717, 1.165) is 18.4 Å². The average Bonchev–Trinajstić information content (AvgIpc) is 2.27. The molecule has 78 valence electrons. The predicted octanol–water partition coefficient (Wildman–Crippen LogP) is 1.71. The molecule has 0 fully saturated rings. The predicted molar refractivity (Wildman–Crippen MR) is 57.2 cm³/mol. The number of hydrogen-bond acceptors (Lipinski definition) is 2. The minimum atomic E-state index is -0.462. The van der Waals surface area contributed by atoms with E-state index in [2.05, 4.69) is 6.92 Å². The normalized spacial score (nSPS) is 11.6. The Balaban J connectivity index is 2.98. The van der Waals surface area contributed by atoms with Crippen LogP contribution in [0.2, 0.25) is 0 Å². The van der Waals surface area contributed by atoms with Crippen molar-refractivity contribution in [3.05, 3.63) is 35.9 Å². The molecule has 2 nitrogen and oxygen atoms in total. The summed E-state index contributed by atoms with van der Waals surface area (Å²) in [5.74, 6) is 0. The lowest BCUT2D eigenvalue weighted by Gasteiger charge is -2.29. The maximum absolute atomic E-state index is 9.40. The van der Waals surface area contributed by atoms with Crippen molar-refractivity contribution in [2.24, 2.45) is 0 Å². The van der Waals surface area contributed by atoms with Crippen LogP contribution in [0.15, 0.2) is 30.3 Å². The van der Waals surface area contributed by atoms with E-state index in [1.54, 1.807) is 0 Å². The Labute approximate surface area is 85.2 Å². The molecule has 14 heavy (non-hydrogen) atoms. The van der Waals surface area contributed by atoms with Gasteiger partial charge in [-0.05, 0) is 12.0 Å².